The van der Waals surface area contributed by atoms with Crippen molar-refractivity contribution in [3.05, 3.63) is 29.6 Å². The summed E-state index contributed by atoms with van der Waals surface area (Å²) >= 11 is 0. The Morgan fingerprint density at radius 1 is 1.50 bits per heavy atom. The Hall–Kier alpha value is -1.14. The predicted octanol–water partition coefficient (Wildman–Crippen LogP) is -0.772. The van der Waals surface area contributed by atoms with E-state index in [2.05, 4.69) is 0 Å². The maximum atomic E-state index is 11.1. The molecule has 1 heterocycles. The van der Waals surface area contributed by atoms with Crippen LogP contribution in [0.25, 0.3) is 0 Å². The van der Waals surface area contributed by atoms with Crippen LogP contribution in [0.1, 0.15) is 0 Å². The fraction of sp³-hybridized carbons (Fsp3) is 0.167. The monoisotopic (exact) mass is 188 g/mol. The van der Waals surface area contributed by atoms with Crippen LogP contribution >= 0.6 is 0 Å². The van der Waals surface area contributed by atoms with E-state index in [1.807, 2.05) is 4.72 Å². The summed E-state index contributed by atoms with van der Waals surface area (Å²) < 4.78 is 24.5. The molecule has 0 fully saturated rings. The van der Waals surface area contributed by atoms with Gasteiger partial charge in [-0.15, -0.1) is 0 Å². The highest BCUT2D eigenvalue weighted by Crippen LogP contribution is 1.99. The molecule has 5 nitrogen and oxygen atoms in total. The second kappa shape index (κ2) is 3.08. The van der Waals surface area contributed by atoms with Crippen LogP contribution in [0.2, 0.25) is 0 Å². The van der Waals surface area contributed by atoms with Gasteiger partial charge in [-0.2, -0.15) is 4.73 Å². The number of hydrogen-bond acceptors (Lipinski definition) is 3. The van der Waals surface area contributed by atoms with E-state index in [1.54, 1.807) is 0 Å². The van der Waals surface area contributed by atoms with Gasteiger partial charge in [0.05, 0.1) is 0 Å². The molecular weight excluding hydrogens is 180 g/mol. The zero-order valence-corrected chi connectivity index (χ0v) is 7.21. The quantitative estimate of drug-likeness (QED) is 0.489. The Bertz CT molecular complexity index is 374. The van der Waals surface area contributed by atoms with E-state index < -0.39 is 10.0 Å². The number of pyridine rings is 1. The lowest BCUT2D eigenvalue weighted by Crippen LogP contribution is -2.37. The van der Waals surface area contributed by atoms with Crippen molar-refractivity contribution in [1.29, 1.82) is 0 Å². The van der Waals surface area contributed by atoms with Crippen molar-refractivity contribution in [3.63, 3.8) is 0 Å². The van der Waals surface area contributed by atoms with Crippen molar-refractivity contribution >= 4 is 10.0 Å². The Balaban J connectivity index is 3.30. The van der Waals surface area contributed by atoms with E-state index in [0.29, 0.717) is 4.73 Å². The molecule has 0 aliphatic carbocycles. The molecule has 1 aromatic heterocycles. The van der Waals surface area contributed by atoms with Crippen molar-refractivity contribution in [1.82, 2.24) is 4.72 Å². The lowest BCUT2D eigenvalue weighted by Gasteiger charge is -2.02. The van der Waals surface area contributed by atoms with Crippen LogP contribution in [0.4, 0.5) is 0 Å². The van der Waals surface area contributed by atoms with Crippen LogP contribution in [0.5, 0.6) is 0 Å². The molecular formula is C6H8N2O3S. The second-order valence-corrected chi connectivity index (χ2v) is 3.91. The molecule has 0 aromatic carbocycles. The molecule has 0 saturated carbocycles. The van der Waals surface area contributed by atoms with Crippen molar-refractivity contribution < 1.29 is 13.1 Å². The number of nitrogens with one attached hydrogen (secondary N) is 1. The minimum atomic E-state index is -3.63. The van der Waals surface area contributed by atoms with Gasteiger partial charge in [-0.05, 0) is 13.1 Å². The highest BCUT2D eigenvalue weighted by Gasteiger charge is 2.19. The molecule has 0 radical (unpaired) electrons. The first kappa shape index (κ1) is 8.95. The van der Waals surface area contributed by atoms with Gasteiger partial charge in [0.15, 0.2) is 6.20 Å². The smallest absolute Gasteiger partial charge is 0.323 e. The zero-order chi connectivity index (χ0) is 9.19. The van der Waals surface area contributed by atoms with Gasteiger partial charge >= 0.3 is 15.0 Å². The van der Waals surface area contributed by atoms with Crippen molar-refractivity contribution in [2.24, 2.45) is 0 Å². The molecule has 12 heavy (non-hydrogen) atoms. The molecule has 0 bridgehead atoms. The maximum absolute atomic E-state index is 11.1. The molecule has 1 N–H and O–H groups in total. The fourth-order valence-corrected chi connectivity index (χ4v) is 1.49. The molecule has 1 aromatic rings. The first-order valence-corrected chi connectivity index (χ1v) is 4.68. The summed E-state index contributed by atoms with van der Waals surface area (Å²) in [7, 11) is -2.38. The number of hydrogen-bond donors (Lipinski definition) is 1. The van der Waals surface area contributed by atoms with Crippen molar-refractivity contribution in [2.45, 2.75) is 5.03 Å². The van der Waals surface area contributed by atoms with Crippen molar-refractivity contribution in [3.8, 4) is 0 Å². The highest BCUT2D eigenvalue weighted by atomic mass is 32.2. The summed E-state index contributed by atoms with van der Waals surface area (Å²) in [5, 5.41) is 10.6. The summed E-state index contributed by atoms with van der Waals surface area (Å²) in [4.78, 5) is 0. The highest BCUT2D eigenvalue weighted by molar-refractivity contribution is 7.89. The van der Waals surface area contributed by atoms with Gasteiger partial charge in [0.25, 0.3) is 0 Å². The molecule has 0 spiro atoms. The summed E-state index contributed by atoms with van der Waals surface area (Å²) in [6.07, 6.45) is 1.13. The van der Waals surface area contributed by atoms with Gasteiger partial charge in [-0.1, -0.05) is 0 Å². The summed E-state index contributed by atoms with van der Waals surface area (Å²) in [6.45, 7) is 0. The molecule has 0 saturated heterocycles. The molecule has 1 rings (SSSR count). The van der Waals surface area contributed by atoms with Gasteiger partial charge in [0.1, 0.15) is 0 Å². The number of rotatable bonds is 2. The molecule has 0 atom stereocenters. The van der Waals surface area contributed by atoms with Crippen LogP contribution in [0.3, 0.4) is 0 Å². The van der Waals surface area contributed by atoms with E-state index in [1.165, 1.54) is 25.2 Å². The molecule has 66 valence electrons. The minimum Gasteiger partial charge on any atom is -0.618 e. The molecule has 0 aliphatic rings. The Morgan fingerprint density at radius 2 is 2.17 bits per heavy atom. The van der Waals surface area contributed by atoms with E-state index in [4.69, 9.17) is 0 Å². The normalized spacial score (nSPS) is 11.4. The first-order valence-electron chi connectivity index (χ1n) is 3.19. The molecule has 0 aliphatic heterocycles. The average molecular weight is 188 g/mol. The van der Waals surface area contributed by atoms with Gasteiger partial charge in [0, 0.05) is 12.1 Å². The Morgan fingerprint density at radius 3 is 2.67 bits per heavy atom. The largest absolute Gasteiger partial charge is 0.618 e. The van der Waals surface area contributed by atoms with Crippen LogP contribution in [-0.2, 0) is 10.0 Å². The third-order valence-electron chi connectivity index (χ3n) is 1.33. The maximum Gasteiger partial charge on any atom is 0.323 e. The van der Waals surface area contributed by atoms with Crippen molar-refractivity contribution in [2.75, 3.05) is 7.05 Å². The third kappa shape index (κ3) is 1.54. The van der Waals surface area contributed by atoms with Gasteiger partial charge in [-0.3, -0.25) is 0 Å². The molecule has 0 unspecified atom stereocenters. The number of sulfonamides is 1. The Kier molecular flexibility index (Phi) is 2.30. The number of aromatic nitrogens is 1. The summed E-state index contributed by atoms with van der Waals surface area (Å²) in [6, 6.07) is 4.18. The van der Waals surface area contributed by atoms with Crippen LogP contribution in [0.15, 0.2) is 29.4 Å². The predicted molar refractivity (Wildman–Crippen MR) is 41.6 cm³/mol. The summed E-state index contributed by atoms with van der Waals surface area (Å²) in [5.41, 5.74) is 0. The molecule has 0 amide bonds. The zero-order valence-electron chi connectivity index (χ0n) is 6.39. The van der Waals surface area contributed by atoms with Gasteiger partial charge in [0.2, 0.25) is 0 Å². The lowest BCUT2D eigenvalue weighted by atomic mass is 10.5. The van der Waals surface area contributed by atoms with Crippen LogP contribution in [0, 0.1) is 5.21 Å². The minimum absolute atomic E-state index is 0.297. The topological polar surface area (TPSA) is 73.1 Å². The average Bonchev–Trinajstić information content (AvgIpc) is 2.05. The number of nitrogens with zero attached hydrogens (tertiary/aromatic N) is 1. The van der Waals surface area contributed by atoms with Crippen LogP contribution < -0.4 is 9.45 Å². The van der Waals surface area contributed by atoms with E-state index in [9.17, 15) is 13.6 Å². The third-order valence-corrected chi connectivity index (χ3v) is 2.74. The second-order valence-electron chi connectivity index (χ2n) is 2.07. The van der Waals surface area contributed by atoms with Gasteiger partial charge in [-0.25, -0.2) is 13.1 Å². The van der Waals surface area contributed by atoms with Gasteiger partial charge < -0.3 is 5.21 Å². The fourth-order valence-electron chi connectivity index (χ4n) is 0.725. The Labute approximate surface area is 70.3 Å². The SMILES string of the molecule is CNS(=O)(=O)c1cccc[n+]1[O-]. The van der Waals surface area contributed by atoms with E-state index in [-0.39, 0.29) is 5.03 Å². The van der Waals surface area contributed by atoms with E-state index >= 15 is 0 Å². The van der Waals surface area contributed by atoms with E-state index in [0.717, 1.165) is 6.20 Å². The van der Waals surface area contributed by atoms with Crippen LogP contribution in [-0.4, -0.2) is 15.5 Å². The first-order chi connectivity index (χ1) is 5.58. The summed E-state index contributed by atoms with van der Waals surface area (Å²) in [5.74, 6) is 0. The lowest BCUT2D eigenvalue weighted by molar-refractivity contribution is -0.646. The standard InChI is InChI=1S/C6H8N2O3S/c1-7-12(10,11)6-4-2-3-5-8(6)9/h2-5,7H,1H3. The molecule has 6 heteroatoms.